The van der Waals surface area contributed by atoms with Gasteiger partial charge in [0.25, 0.3) is 0 Å². The molecule has 0 aliphatic heterocycles. The van der Waals surface area contributed by atoms with Crippen LogP contribution in [0, 0.1) is 0 Å². The Morgan fingerprint density at radius 2 is 1.79 bits per heavy atom. The topological polar surface area (TPSA) is 22.1 Å². The Morgan fingerprint density at radius 1 is 0.947 bits per heavy atom. The fraction of sp³-hybridized carbons (Fsp3) is 0. The van der Waals surface area contributed by atoms with Crippen molar-refractivity contribution in [1.29, 1.82) is 0 Å². The number of hydrogen-bond donors (Lipinski definition) is 0. The number of fused-ring (bicyclic) bond motifs is 1. The van der Waals surface area contributed by atoms with E-state index in [2.05, 4.69) is 20.9 Å². The van der Waals surface area contributed by atoms with E-state index in [1.807, 2.05) is 48.5 Å². The minimum Gasteiger partial charge on any atom is -0.455 e. The lowest BCUT2D eigenvalue weighted by molar-refractivity contribution is 0.485. The maximum atomic E-state index is 6.14. The molecule has 1 aromatic heterocycles. The van der Waals surface area contributed by atoms with Gasteiger partial charge in [0.05, 0.1) is 15.0 Å². The minimum atomic E-state index is 0.620. The second-order valence-corrected chi connectivity index (χ2v) is 5.24. The summed E-state index contributed by atoms with van der Waals surface area (Å²) in [7, 11) is 0. The molecule has 1 heterocycles. The number of nitrogens with zero attached hydrogens (tertiary/aromatic N) is 1. The highest BCUT2D eigenvalue weighted by atomic mass is 79.9. The first-order chi connectivity index (χ1) is 9.25. The van der Waals surface area contributed by atoms with E-state index in [1.165, 1.54) is 0 Å². The lowest BCUT2D eigenvalue weighted by Crippen LogP contribution is -1.88. The molecule has 2 nitrogen and oxygen atoms in total. The molecule has 4 heteroatoms. The smallest absolute Gasteiger partial charge is 0.141 e. The maximum Gasteiger partial charge on any atom is 0.141 e. The van der Waals surface area contributed by atoms with E-state index in [9.17, 15) is 0 Å². The Labute approximate surface area is 124 Å². The van der Waals surface area contributed by atoms with Gasteiger partial charge in [0.2, 0.25) is 0 Å². The number of aromatic nitrogens is 1. The second kappa shape index (κ2) is 5.19. The normalized spacial score (nSPS) is 10.6. The van der Waals surface area contributed by atoms with Crippen LogP contribution in [0.3, 0.4) is 0 Å². The van der Waals surface area contributed by atoms with Crippen LogP contribution in [-0.4, -0.2) is 4.98 Å². The van der Waals surface area contributed by atoms with Crippen molar-refractivity contribution >= 4 is 38.4 Å². The zero-order valence-electron chi connectivity index (χ0n) is 9.81. The average Bonchev–Trinajstić information content (AvgIpc) is 2.42. The van der Waals surface area contributed by atoms with Gasteiger partial charge in [-0.25, -0.2) is 0 Å². The summed E-state index contributed by atoms with van der Waals surface area (Å²) in [6, 6.07) is 15.2. The van der Waals surface area contributed by atoms with Gasteiger partial charge >= 0.3 is 0 Å². The first kappa shape index (κ1) is 12.5. The van der Waals surface area contributed by atoms with Gasteiger partial charge < -0.3 is 4.74 Å². The summed E-state index contributed by atoms with van der Waals surface area (Å²) >= 11 is 9.60. The van der Waals surface area contributed by atoms with Crippen LogP contribution < -0.4 is 4.74 Å². The van der Waals surface area contributed by atoms with Crippen molar-refractivity contribution in [2.24, 2.45) is 0 Å². The van der Waals surface area contributed by atoms with Crippen LogP contribution in [0.4, 0.5) is 0 Å². The summed E-state index contributed by atoms with van der Waals surface area (Å²) in [6.07, 6.45) is 1.69. The quantitative estimate of drug-likeness (QED) is 0.622. The Kier molecular flexibility index (Phi) is 3.40. The summed E-state index contributed by atoms with van der Waals surface area (Å²) in [5, 5.41) is 1.51. The number of benzene rings is 2. The summed E-state index contributed by atoms with van der Waals surface area (Å²) in [5.41, 5.74) is 0.744. The molecule has 0 fully saturated rings. The molecule has 0 spiro atoms. The molecule has 3 rings (SSSR count). The van der Waals surface area contributed by atoms with Gasteiger partial charge in [-0.05, 0) is 46.3 Å². The van der Waals surface area contributed by atoms with Crippen LogP contribution in [0.15, 0.2) is 59.2 Å². The van der Waals surface area contributed by atoms with Crippen LogP contribution in [0.1, 0.15) is 0 Å². The predicted octanol–water partition coefficient (Wildman–Crippen LogP) is 5.44. The van der Waals surface area contributed by atoms with Crippen LogP contribution in [0.25, 0.3) is 10.9 Å². The monoisotopic (exact) mass is 333 g/mol. The number of hydrogen-bond acceptors (Lipinski definition) is 2. The number of pyridine rings is 1. The van der Waals surface area contributed by atoms with E-state index in [-0.39, 0.29) is 0 Å². The van der Waals surface area contributed by atoms with Crippen molar-refractivity contribution in [3.8, 4) is 11.5 Å². The molecule has 2 aromatic carbocycles. The highest BCUT2D eigenvalue weighted by Gasteiger charge is 2.08. The molecule has 0 saturated heterocycles. The van der Waals surface area contributed by atoms with E-state index in [1.54, 1.807) is 6.20 Å². The Hall–Kier alpha value is -1.58. The third-order valence-corrected chi connectivity index (χ3v) is 3.70. The summed E-state index contributed by atoms with van der Waals surface area (Å²) in [6.45, 7) is 0. The fourth-order valence-corrected chi connectivity index (χ4v) is 2.44. The minimum absolute atomic E-state index is 0.620. The van der Waals surface area contributed by atoms with Gasteiger partial charge in [-0.2, -0.15) is 0 Å². The molecular weight excluding hydrogens is 326 g/mol. The van der Waals surface area contributed by atoms with Gasteiger partial charge in [-0.1, -0.05) is 29.8 Å². The predicted molar refractivity (Wildman–Crippen MR) is 81.0 cm³/mol. The standard InChI is InChI=1S/C15H9BrClNO/c16-11-5-1-2-7-14(11)19-13-8-9-18-15-10(13)4-3-6-12(15)17/h1-9H. The SMILES string of the molecule is Clc1cccc2c(Oc3ccccc3Br)ccnc12. The molecule has 19 heavy (non-hydrogen) atoms. The fourth-order valence-electron chi connectivity index (χ4n) is 1.85. The molecule has 94 valence electrons. The zero-order valence-corrected chi connectivity index (χ0v) is 12.1. The molecular formula is C15H9BrClNO. The van der Waals surface area contributed by atoms with E-state index in [0.717, 1.165) is 26.9 Å². The molecule has 3 aromatic rings. The molecule has 0 amide bonds. The van der Waals surface area contributed by atoms with Gasteiger partial charge in [-0.15, -0.1) is 0 Å². The first-order valence-corrected chi connectivity index (χ1v) is 6.88. The lowest BCUT2D eigenvalue weighted by Gasteiger charge is -2.10. The van der Waals surface area contributed by atoms with Crippen LogP contribution >= 0.6 is 27.5 Å². The Bertz CT molecular complexity index is 745. The summed E-state index contributed by atoms with van der Waals surface area (Å²) < 4.78 is 6.84. The third-order valence-electron chi connectivity index (χ3n) is 2.74. The maximum absolute atomic E-state index is 6.14. The van der Waals surface area contributed by atoms with Crippen molar-refractivity contribution in [2.45, 2.75) is 0 Å². The highest BCUT2D eigenvalue weighted by Crippen LogP contribution is 2.34. The highest BCUT2D eigenvalue weighted by molar-refractivity contribution is 9.10. The zero-order chi connectivity index (χ0) is 13.2. The van der Waals surface area contributed by atoms with Crippen molar-refractivity contribution in [1.82, 2.24) is 4.98 Å². The van der Waals surface area contributed by atoms with Crippen LogP contribution in [0.2, 0.25) is 5.02 Å². The molecule has 0 aliphatic carbocycles. The number of rotatable bonds is 2. The van der Waals surface area contributed by atoms with Crippen molar-refractivity contribution in [2.75, 3.05) is 0 Å². The van der Waals surface area contributed by atoms with Crippen molar-refractivity contribution < 1.29 is 4.74 Å². The van der Waals surface area contributed by atoms with Crippen molar-refractivity contribution in [3.63, 3.8) is 0 Å². The van der Waals surface area contributed by atoms with Gasteiger partial charge in [-0.3, -0.25) is 4.98 Å². The largest absolute Gasteiger partial charge is 0.455 e. The molecule has 0 aliphatic rings. The number of ether oxygens (including phenoxy) is 1. The molecule has 0 N–H and O–H groups in total. The second-order valence-electron chi connectivity index (χ2n) is 3.98. The van der Waals surface area contributed by atoms with E-state index in [4.69, 9.17) is 16.3 Å². The van der Waals surface area contributed by atoms with Gasteiger partial charge in [0.1, 0.15) is 11.5 Å². The first-order valence-electron chi connectivity index (χ1n) is 5.71. The van der Waals surface area contributed by atoms with Crippen LogP contribution in [0.5, 0.6) is 11.5 Å². The molecule has 0 unspecified atom stereocenters. The molecule has 0 saturated carbocycles. The van der Waals surface area contributed by atoms with E-state index < -0.39 is 0 Å². The van der Waals surface area contributed by atoms with E-state index >= 15 is 0 Å². The Balaban J connectivity index is 2.12. The summed E-state index contributed by atoms with van der Waals surface area (Å²) in [4.78, 5) is 4.28. The number of para-hydroxylation sites is 2. The third kappa shape index (κ3) is 2.44. The van der Waals surface area contributed by atoms with Crippen LogP contribution in [-0.2, 0) is 0 Å². The average molecular weight is 335 g/mol. The van der Waals surface area contributed by atoms with Crippen molar-refractivity contribution in [3.05, 3.63) is 64.2 Å². The van der Waals surface area contributed by atoms with Gasteiger partial charge in [0, 0.05) is 11.6 Å². The summed E-state index contributed by atoms with van der Waals surface area (Å²) in [5.74, 6) is 1.49. The number of halogens is 2. The molecule has 0 atom stereocenters. The Morgan fingerprint density at radius 3 is 2.63 bits per heavy atom. The molecule has 0 bridgehead atoms. The van der Waals surface area contributed by atoms with E-state index in [0.29, 0.717) is 5.02 Å². The van der Waals surface area contributed by atoms with Gasteiger partial charge in [0.15, 0.2) is 0 Å². The lowest BCUT2D eigenvalue weighted by atomic mass is 10.2. The molecule has 0 radical (unpaired) electrons.